The van der Waals surface area contributed by atoms with Crippen LogP contribution in [0.15, 0.2) is 71.1 Å². The Labute approximate surface area is 202 Å². The van der Waals surface area contributed by atoms with E-state index in [1.807, 2.05) is 87.5 Å². The molecular weight excluding hydrogens is 428 g/mol. The molecule has 0 aliphatic rings. The van der Waals surface area contributed by atoms with E-state index in [2.05, 4.69) is 0 Å². The first kappa shape index (κ1) is 25.2. The number of hydrogen-bond donors (Lipinski definition) is 0. The topological polar surface area (TPSA) is 63.0 Å². The largest absolute Gasteiger partial charge is 0.464 e. The Kier molecular flexibility index (Phi) is 9.47. The maximum Gasteiger partial charge on any atom is 0.254 e. The molecule has 0 aliphatic heterocycles. The van der Waals surface area contributed by atoms with E-state index >= 15 is 0 Å². The van der Waals surface area contributed by atoms with Gasteiger partial charge in [-0.05, 0) is 57.0 Å². The van der Waals surface area contributed by atoms with Crippen LogP contribution in [0.2, 0.25) is 0 Å². The third-order valence-corrected chi connectivity index (χ3v) is 5.54. The van der Waals surface area contributed by atoms with Gasteiger partial charge in [0.15, 0.2) is 0 Å². The van der Waals surface area contributed by atoms with Crippen LogP contribution in [0.1, 0.15) is 46.3 Å². The number of amides is 2. The molecule has 6 heteroatoms. The number of carbonyl (C=O) groups excluding carboxylic acids is 2. The van der Waals surface area contributed by atoms with Crippen molar-refractivity contribution >= 4 is 11.8 Å². The van der Waals surface area contributed by atoms with Crippen LogP contribution in [0.4, 0.5) is 0 Å². The minimum Gasteiger partial charge on any atom is -0.464 e. The van der Waals surface area contributed by atoms with Gasteiger partial charge in [0.25, 0.3) is 5.91 Å². The zero-order valence-electron chi connectivity index (χ0n) is 20.3. The average molecular weight is 463 g/mol. The van der Waals surface area contributed by atoms with Crippen LogP contribution in [0.25, 0.3) is 0 Å². The third kappa shape index (κ3) is 7.59. The second-order valence-corrected chi connectivity index (χ2v) is 8.39. The number of aryl methyl sites for hydroxylation is 2. The first-order chi connectivity index (χ1) is 16.5. The SMILES string of the molecule is CCOCCCN(CC(=O)N(Cc1ccccc1)Cc1ccc(C)o1)C(=O)c1ccc(C)cc1. The highest BCUT2D eigenvalue weighted by Crippen LogP contribution is 2.15. The maximum absolute atomic E-state index is 13.5. The van der Waals surface area contributed by atoms with Gasteiger partial charge in [-0.3, -0.25) is 9.59 Å². The molecule has 2 amide bonds. The number of hydrogen-bond acceptors (Lipinski definition) is 4. The standard InChI is InChI=1S/C28H34N2O4/c1-4-33-18-8-17-29(28(32)25-14-11-22(2)12-15-25)21-27(31)30(19-24-9-6-5-7-10-24)20-26-16-13-23(3)34-26/h5-7,9-16H,4,8,17-21H2,1-3H3. The quantitative estimate of drug-likeness (QED) is 0.356. The van der Waals surface area contributed by atoms with Gasteiger partial charge in [-0.2, -0.15) is 0 Å². The lowest BCUT2D eigenvalue weighted by atomic mass is 10.1. The molecule has 0 radical (unpaired) electrons. The van der Waals surface area contributed by atoms with Gasteiger partial charge < -0.3 is 19.0 Å². The third-order valence-electron chi connectivity index (χ3n) is 5.54. The molecule has 3 aromatic rings. The van der Waals surface area contributed by atoms with Crippen LogP contribution in [0.5, 0.6) is 0 Å². The highest BCUT2D eigenvalue weighted by molar-refractivity contribution is 5.96. The van der Waals surface area contributed by atoms with Crippen LogP contribution in [0.3, 0.4) is 0 Å². The second-order valence-electron chi connectivity index (χ2n) is 8.39. The Morgan fingerprint density at radius 2 is 1.62 bits per heavy atom. The average Bonchev–Trinajstić information content (AvgIpc) is 3.25. The van der Waals surface area contributed by atoms with E-state index in [1.54, 1.807) is 9.80 Å². The molecule has 0 fully saturated rings. The molecule has 0 N–H and O–H groups in total. The molecule has 0 bridgehead atoms. The van der Waals surface area contributed by atoms with Gasteiger partial charge in [-0.15, -0.1) is 0 Å². The Balaban J connectivity index is 1.78. The molecule has 0 saturated heterocycles. The number of rotatable bonds is 12. The summed E-state index contributed by atoms with van der Waals surface area (Å²) in [5.41, 5.74) is 2.68. The molecule has 3 rings (SSSR count). The summed E-state index contributed by atoms with van der Waals surface area (Å²) in [6.07, 6.45) is 0.661. The van der Waals surface area contributed by atoms with Crippen molar-refractivity contribution in [2.75, 3.05) is 26.3 Å². The Morgan fingerprint density at radius 3 is 2.26 bits per heavy atom. The first-order valence-electron chi connectivity index (χ1n) is 11.8. The molecule has 2 aromatic carbocycles. The van der Waals surface area contributed by atoms with Crippen molar-refractivity contribution in [2.45, 2.75) is 40.3 Å². The van der Waals surface area contributed by atoms with Crippen LogP contribution < -0.4 is 0 Å². The van der Waals surface area contributed by atoms with Crippen LogP contribution in [0, 0.1) is 13.8 Å². The van der Waals surface area contributed by atoms with E-state index in [9.17, 15) is 9.59 Å². The lowest BCUT2D eigenvalue weighted by Gasteiger charge is -2.27. The summed E-state index contributed by atoms with van der Waals surface area (Å²) in [6.45, 7) is 8.18. The summed E-state index contributed by atoms with van der Waals surface area (Å²) < 4.78 is 11.2. The first-order valence-corrected chi connectivity index (χ1v) is 11.8. The monoisotopic (exact) mass is 462 g/mol. The van der Waals surface area contributed by atoms with E-state index in [4.69, 9.17) is 9.15 Å². The molecule has 1 aromatic heterocycles. The number of furan rings is 1. The number of carbonyl (C=O) groups is 2. The van der Waals surface area contributed by atoms with E-state index in [0.29, 0.717) is 44.8 Å². The predicted molar refractivity (Wildman–Crippen MR) is 132 cm³/mol. The lowest BCUT2D eigenvalue weighted by molar-refractivity contribution is -0.133. The van der Waals surface area contributed by atoms with Gasteiger partial charge in [0.1, 0.15) is 18.1 Å². The van der Waals surface area contributed by atoms with Crippen molar-refractivity contribution in [3.8, 4) is 0 Å². The molecule has 1 heterocycles. The fourth-order valence-electron chi connectivity index (χ4n) is 3.69. The smallest absolute Gasteiger partial charge is 0.254 e. The summed E-state index contributed by atoms with van der Waals surface area (Å²) in [5.74, 6) is 1.23. The number of ether oxygens (including phenoxy) is 1. The van der Waals surface area contributed by atoms with Crippen molar-refractivity contribution in [3.63, 3.8) is 0 Å². The van der Waals surface area contributed by atoms with Crippen molar-refractivity contribution in [2.24, 2.45) is 0 Å². The fourth-order valence-corrected chi connectivity index (χ4v) is 3.69. The molecule has 34 heavy (non-hydrogen) atoms. The highest BCUT2D eigenvalue weighted by Gasteiger charge is 2.23. The van der Waals surface area contributed by atoms with Crippen LogP contribution in [-0.4, -0.2) is 47.9 Å². The second kappa shape index (κ2) is 12.8. The number of benzene rings is 2. The zero-order valence-corrected chi connectivity index (χ0v) is 20.3. The van der Waals surface area contributed by atoms with Crippen molar-refractivity contribution in [1.29, 1.82) is 0 Å². The Hall–Kier alpha value is -3.38. The molecular formula is C28H34N2O4. The minimum atomic E-state index is -0.154. The minimum absolute atomic E-state index is 0.00857. The molecule has 0 aliphatic carbocycles. The molecule has 180 valence electrons. The molecule has 0 spiro atoms. The van der Waals surface area contributed by atoms with Crippen molar-refractivity contribution in [3.05, 3.63) is 94.9 Å². The van der Waals surface area contributed by atoms with Crippen LogP contribution in [-0.2, 0) is 22.6 Å². The summed E-state index contributed by atoms with van der Waals surface area (Å²) in [7, 11) is 0. The van der Waals surface area contributed by atoms with Gasteiger partial charge in [0.05, 0.1) is 6.54 Å². The lowest BCUT2D eigenvalue weighted by Crippen LogP contribution is -2.43. The Bertz CT molecular complexity index is 1040. The predicted octanol–water partition coefficient (Wildman–Crippen LogP) is 4.99. The Morgan fingerprint density at radius 1 is 0.882 bits per heavy atom. The summed E-state index contributed by atoms with van der Waals surface area (Å²) in [5, 5.41) is 0. The molecule has 6 nitrogen and oxygen atoms in total. The van der Waals surface area contributed by atoms with Crippen molar-refractivity contribution in [1.82, 2.24) is 9.80 Å². The van der Waals surface area contributed by atoms with Gasteiger partial charge in [-0.25, -0.2) is 0 Å². The normalized spacial score (nSPS) is 10.8. The highest BCUT2D eigenvalue weighted by atomic mass is 16.5. The number of nitrogens with zero attached hydrogens (tertiary/aromatic N) is 2. The summed E-state index contributed by atoms with van der Waals surface area (Å²) in [6, 6.07) is 21.1. The zero-order chi connectivity index (χ0) is 24.3. The van der Waals surface area contributed by atoms with E-state index in [1.165, 1.54) is 0 Å². The molecule has 0 saturated carbocycles. The van der Waals surface area contributed by atoms with Gasteiger partial charge in [0, 0.05) is 31.9 Å². The summed E-state index contributed by atoms with van der Waals surface area (Å²) in [4.78, 5) is 30.2. The van der Waals surface area contributed by atoms with E-state index < -0.39 is 0 Å². The fraction of sp³-hybridized carbons (Fsp3) is 0.357. The van der Waals surface area contributed by atoms with E-state index in [-0.39, 0.29) is 18.4 Å². The van der Waals surface area contributed by atoms with Gasteiger partial charge in [0.2, 0.25) is 5.91 Å². The van der Waals surface area contributed by atoms with Gasteiger partial charge >= 0.3 is 0 Å². The maximum atomic E-state index is 13.5. The van der Waals surface area contributed by atoms with Gasteiger partial charge in [-0.1, -0.05) is 48.0 Å². The molecule has 0 unspecified atom stereocenters. The van der Waals surface area contributed by atoms with Crippen molar-refractivity contribution < 1.29 is 18.7 Å². The molecule has 0 atom stereocenters. The summed E-state index contributed by atoms with van der Waals surface area (Å²) >= 11 is 0. The van der Waals surface area contributed by atoms with Crippen LogP contribution >= 0.6 is 0 Å². The van der Waals surface area contributed by atoms with E-state index in [0.717, 1.165) is 22.6 Å².